The lowest BCUT2D eigenvalue weighted by Crippen LogP contribution is -2.30. The van der Waals surface area contributed by atoms with Crippen LogP contribution in [0.4, 0.5) is 18.9 Å². The predicted molar refractivity (Wildman–Crippen MR) is 143 cm³/mol. The lowest BCUT2D eigenvalue weighted by atomic mass is 10.0. The Bertz CT molecular complexity index is 1640. The monoisotopic (exact) mass is 624 g/mol. The highest BCUT2D eigenvalue weighted by Gasteiger charge is 2.46. The normalized spacial score (nSPS) is 14.1. The minimum Gasteiger partial charge on any atom is -0.472 e. The molecule has 0 saturated heterocycles. The summed E-state index contributed by atoms with van der Waals surface area (Å²) in [6, 6.07) is 7.60. The second-order valence-corrected chi connectivity index (χ2v) is 11.7. The van der Waals surface area contributed by atoms with Crippen LogP contribution < -0.4 is 10.0 Å². The summed E-state index contributed by atoms with van der Waals surface area (Å²) in [5, 5.41) is 2.83. The van der Waals surface area contributed by atoms with Crippen LogP contribution in [0.1, 0.15) is 53.3 Å². The average molecular weight is 625 g/mol. The fourth-order valence-electron chi connectivity index (χ4n) is 4.74. The fourth-order valence-corrected chi connectivity index (χ4v) is 6.08. The van der Waals surface area contributed by atoms with Crippen molar-refractivity contribution in [2.45, 2.75) is 44.7 Å². The lowest BCUT2D eigenvalue weighted by molar-refractivity contribution is -0.0429. The van der Waals surface area contributed by atoms with Gasteiger partial charge in [-0.3, -0.25) is 9.52 Å². The van der Waals surface area contributed by atoms with Crippen molar-refractivity contribution in [1.82, 2.24) is 14.9 Å². The first-order valence-electron chi connectivity index (χ1n) is 12.1. The Morgan fingerprint density at radius 3 is 2.56 bits per heavy atom. The molecule has 1 aromatic carbocycles. The van der Waals surface area contributed by atoms with Crippen LogP contribution in [0.3, 0.4) is 0 Å². The number of rotatable bonds is 8. The minimum absolute atomic E-state index is 0.168. The standard InChI is InChI=1S/C26H24BrF3N4O4S/c1-3-31-25(35)23-14(2)32-24(15-8-9-15)34(23)12-18-16-10-11-38-13-19(16)22(27)21(18)17-6-4-5-7-20(17)33-39(36,37)26(28,29)30/h4-7,10-11,13,15,33H,3,8-9,12H2,1-2H3,(H,31,35). The molecule has 2 aromatic rings. The summed E-state index contributed by atoms with van der Waals surface area (Å²) < 4.78 is 73.3. The van der Waals surface area contributed by atoms with Gasteiger partial charge in [-0.2, -0.15) is 21.6 Å². The van der Waals surface area contributed by atoms with Crippen LogP contribution in [0.5, 0.6) is 0 Å². The first-order chi connectivity index (χ1) is 18.4. The summed E-state index contributed by atoms with van der Waals surface area (Å²) in [4.78, 5) is 17.8. The first kappa shape index (κ1) is 27.3. The molecule has 1 amide bonds. The Labute approximate surface area is 231 Å². The van der Waals surface area contributed by atoms with E-state index in [2.05, 4.69) is 21.2 Å². The summed E-state index contributed by atoms with van der Waals surface area (Å²) in [5.74, 6) is 0.678. The van der Waals surface area contributed by atoms with Gasteiger partial charge in [0.1, 0.15) is 11.5 Å². The molecule has 39 heavy (non-hydrogen) atoms. The molecular weight excluding hydrogens is 601 g/mol. The number of benzene rings is 1. The molecule has 1 aromatic heterocycles. The molecule has 5 rings (SSSR count). The van der Waals surface area contributed by atoms with E-state index in [9.17, 15) is 26.4 Å². The van der Waals surface area contributed by atoms with Crippen molar-refractivity contribution in [3.8, 4) is 22.3 Å². The van der Waals surface area contributed by atoms with Gasteiger partial charge in [-0.05, 0) is 65.9 Å². The summed E-state index contributed by atoms with van der Waals surface area (Å²) >= 11 is 3.58. The Morgan fingerprint density at radius 2 is 1.90 bits per heavy atom. The molecule has 2 heterocycles. The molecule has 0 radical (unpaired) electrons. The van der Waals surface area contributed by atoms with Crippen LogP contribution in [-0.4, -0.2) is 35.9 Å². The molecule has 2 N–H and O–H groups in total. The first-order valence-corrected chi connectivity index (χ1v) is 14.4. The van der Waals surface area contributed by atoms with Gasteiger partial charge in [-0.15, -0.1) is 0 Å². The van der Waals surface area contributed by atoms with E-state index in [1.165, 1.54) is 24.7 Å². The number of carbonyl (C=O) groups is 1. The number of nitrogens with zero attached hydrogens (tertiary/aromatic N) is 2. The van der Waals surface area contributed by atoms with Crippen LogP contribution in [-0.2, 0) is 16.6 Å². The van der Waals surface area contributed by atoms with Gasteiger partial charge in [-0.25, -0.2) is 4.98 Å². The summed E-state index contributed by atoms with van der Waals surface area (Å²) in [7, 11) is -5.68. The molecule has 2 aliphatic carbocycles. The van der Waals surface area contributed by atoms with Crippen molar-refractivity contribution in [2.24, 2.45) is 0 Å². The van der Waals surface area contributed by atoms with Gasteiger partial charge in [0.05, 0.1) is 30.5 Å². The molecular formula is C26H24BrF3N4O4S. The number of hydrogen-bond donors (Lipinski definition) is 2. The van der Waals surface area contributed by atoms with Gasteiger partial charge in [0.2, 0.25) is 0 Å². The van der Waals surface area contributed by atoms with E-state index in [0.717, 1.165) is 24.2 Å². The van der Waals surface area contributed by atoms with E-state index in [0.29, 0.717) is 39.1 Å². The van der Waals surface area contributed by atoms with Gasteiger partial charge in [0.15, 0.2) is 0 Å². The number of nitrogens with one attached hydrogen (secondary N) is 2. The Hall–Kier alpha value is -3.32. The highest BCUT2D eigenvalue weighted by Crippen LogP contribution is 2.49. The van der Waals surface area contributed by atoms with Crippen molar-refractivity contribution in [3.05, 3.63) is 70.1 Å². The van der Waals surface area contributed by atoms with Gasteiger partial charge < -0.3 is 14.3 Å². The summed E-state index contributed by atoms with van der Waals surface area (Å²) in [6.45, 7) is 4.18. The van der Waals surface area contributed by atoms with Crippen LogP contribution in [0.25, 0.3) is 22.3 Å². The zero-order valence-electron chi connectivity index (χ0n) is 20.9. The second-order valence-electron chi connectivity index (χ2n) is 9.27. The SMILES string of the molecule is CCNC(=O)c1c(C)nc(C2CC2)n1Cc1c2ccocc-2c(Br)c1-c1ccccc1NS(=O)(=O)C(F)(F)F. The smallest absolute Gasteiger partial charge is 0.472 e. The van der Waals surface area contributed by atoms with Crippen LogP contribution in [0.2, 0.25) is 0 Å². The molecule has 8 nitrogen and oxygen atoms in total. The average Bonchev–Trinajstić information content (AvgIpc) is 3.61. The zero-order valence-corrected chi connectivity index (χ0v) is 23.3. The van der Waals surface area contributed by atoms with Crippen LogP contribution >= 0.6 is 15.9 Å². The third kappa shape index (κ3) is 4.93. The lowest BCUT2D eigenvalue weighted by Gasteiger charge is -2.17. The van der Waals surface area contributed by atoms with Crippen molar-refractivity contribution >= 4 is 37.5 Å². The van der Waals surface area contributed by atoms with E-state index in [-0.39, 0.29) is 29.6 Å². The second kappa shape index (κ2) is 10.0. The van der Waals surface area contributed by atoms with Gasteiger partial charge in [-0.1, -0.05) is 18.2 Å². The topological polar surface area (TPSA) is 106 Å². The largest absolute Gasteiger partial charge is 0.516 e. The van der Waals surface area contributed by atoms with Gasteiger partial charge >= 0.3 is 15.5 Å². The van der Waals surface area contributed by atoms with Crippen LogP contribution in [0, 0.1) is 6.92 Å². The quantitative estimate of drug-likeness (QED) is 0.241. The number of para-hydroxylation sites is 1. The van der Waals surface area contributed by atoms with E-state index < -0.39 is 15.5 Å². The number of imidazole rings is 1. The third-order valence-electron chi connectivity index (χ3n) is 6.60. The van der Waals surface area contributed by atoms with Gasteiger partial charge in [0, 0.05) is 33.6 Å². The van der Waals surface area contributed by atoms with Crippen LogP contribution in [0.15, 0.2) is 51.7 Å². The zero-order chi connectivity index (χ0) is 28.1. The number of fused-ring (bicyclic) bond motifs is 1. The number of alkyl halides is 3. The maximum atomic E-state index is 13.3. The number of aromatic nitrogens is 2. The Balaban J connectivity index is 1.73. The number of anilines is 1. The molecule has 1 saturated carbocycles. The molecule has 13 heteroatoms. The molecule has 3 aliphatic rings. The Morgan fingerprint density at radius 1 is 1.18 bits per heavy atom. The van der Waals surface area contributed by atoms with E-state index in [1.807, 2.05) is 11.5 Å². The number of amides is 1. The molecule has 0 spiro atoms. The van der Waals surface area contributed by atoms with Gasteiger partial charge in [0.25, 0.3) is 5.91 Å². The third-order valence-corrected chi connectivity index (χ3v) is 8.52. The van der Waals surface area contributed by atoms with E-state index in [1.54, 1.807) is 29.8 Å². The van der Waals surface area contributed by atoms with Crippen molar-refractivity contribution < 1.29 is 30.8 Å². The molecule has 0 atom stereocenters. The highest BCUT2D eigenvalue weighted by atomic mass is 79.9. The molecule has 0 unspecified atom stereocenters. The van der Waals surface area contributed by atoms with E-state index >= 15 is 0 Å². The maximum Gasteiger partial charge on any atom is 0.516 e. The fraction of sp³-hybridized carbons (Fsp3) is 0.308. The maximum absolute atomic E-state index is 13.3. The summed E-state index contributed by atoms with van der Waals surface area (Å²) in [5.41, 5.74) is -2.02. The number of sulfonamides is 1. The van der Waals surface area contributed by atoms with Crippen molar-refractivity contribution in [1.29, 1.82) is 0 Å². The highest BCUT2D eigenvalue weighted by molar-refractivity contribution is 9.10. The van der Waals surface area contributed by atoms with E-state index in [4.69, 9.17) is 9.40 Å². The number of aryl methyl sites for hydroxylation is 1. The van der Waals surface area contributed by atoms with Crippen molar-refractivity contribution in [2.75, 3.05) is 11.3 Å². The van der Waals surface area contributed by atoms with Crippen molar-refractivity contribution in [3.63, 3.8) is 0 Å². The number of halogens is 4. The molecule has 1 fully saturated rings. The molecule has 0 bridgehead atoms. The molecule has 206 valence electrons. The minimum atomic E-state index is -5.68. The number of carbonyl (C=O) groups excluding carboxylic acids is 1. The Kier molecular flexibility index (Phi) is 7.00. The predicted octanol–water partition coefficient (Wildman–Crippen LogP) is 6.26. The number of hydrogen-bond acceptors (Lipinski definition) is 5. The summed E-state index contributed by atoms with van der Waals surface area (Å²) in [6.07, 6.45) is 4.85. The molecule has 1 aliphatic heterocycles.